The molecule has 0 spiro atoms. The van der Waals surface area contributed by atoms with Gasteiger partial charge in [0.05, 0.1) is 25.1 Å². The number of aliphatic hydroxyl groups is 1. The van der Waals surface area contributed by atoms with E-state index in [0.29, 0.717) is 36.9 Å². The van der Waals surface area contributed by atoms with E-state index < -0.39 is 5.60 Å². The molecule has 35 heavy (non-hydrogen) atoms. The highest BCUT2D eigenvalue weighted by molar-refractivity contribution is 6.32. The molecule has 1 aliphatic heterocycles. The zero-order valence-electron chi connectivity index (χ0n) is 20.5. The second-order valence-electron chi connectivity index (χ2n) is 9.25. The van der Waals surface area contributed by atoms with Crippen molar-refractivity contribution in [2.75, 3.05) is 33.4 Å². The van der Waals surface area contributed by atoms with E-state index in [-0.39, 0.29) is 6.61 Å². The van der Waals surface area contributed by atoms with Crippen LogP contribution in [0.4, 0.5) is 0 Å². The van der Waals surface area contributed by atoms with Crippen LogP contribution in [-0.2, 0) is 13.1 Å². The molecule has 3 aromatic rings. The first-order chi connectivity index (χ1) is 16.9. The summed E-state index contributed by atoms with van der Waals surface area (Å²) in [4.78, 5) is 6.31. The van der Waals surface area contributed by atoms with E-state index in [4.69, 9.17) is 25.8 Å². The predicted molar refractivity (Wildman–Crippen MR) is 136 cm³/mol. The number of rotatable bonds is 11. The Hall–Kier alpha value is -2.74. The van der Waals surface area contributed by atoms with Crippen LogP contribution in [-0.4, -0.2) is 58.6 Å². The molecular weight excluding hydrogens is 466 g/mol. The number of hydrogen-bond acceptors (Lipinski definition) is 6. The lowest BCUT2D eigenvalue weighted by molar-refractivity contribution is -0.0621. The third-order valence-electron chi connectivity index (χ3n) is 6.23. The van der Waals surface area contributed by atoms with Crippen LogP contribution in [0.1, 0.15) is 30.4 Å². The molecule has 0 amide bonds. The number of piperidine rings is 1. The van der Waals surface area contributed by atoms with Crippen LogP contribution in [0.25, 0.3) is 0 Å². The lowest BCUT2D eigenvalue weighted by Crippen LogP contribution is -2.51. The molecule has 0 aliphatic carbocycles. The number of aromatic nitrogens is 2. The summed E-state index contributed by atoms with van der Waals surface area (Å²) < 4.78 is 19.5. The van der Waals surface area contributed by atoms with Gasteiger partial charge in [-0.25, -0.2) is 4.98 Å². The van der Waals surface area contributed by atoms with E-state index >= 15 is 0 Å². The fourth-order valence-electron chi connectivity index (χ4n) is 4.43. The first kappa shape index (κ1) is 25.4. The largest absolute Gasteiger partial charge is 0.493 e. The highest BCUT2D eigenvalue weighted by Crippen LogP contribution is 2.31. The second kappa shape index (κ2) is 11.8. The number of aryl methyl sites for hydroxylation is 2. The number of halogens is 1. The summed E-state index contributed by atoms with van der Waals surface area (Å²) in [6, 6.07) is 11.7. The third kappa shape index (κ3) is 7.13. The molecule has 1 atom stereocenters. The summed E-state index contributed by atoms with van der Waals surface area (Å²) in [5.74, 6) is 2.07. The molecule has 8 heteroatoms. The van der Waals surface area contributed by atoms with Gasteiger partial charge in [-0.15, -0.1) is 0 Å². The fraction of sp³-hybridized carbons (Fsp3) is 0.444. The summed E-state index contributed by atoms with van der Waals surface area (Å²) >= 11 is 6.26. The fourth-order valence-corrected chi connectivity index (χ4v) is 4.60. The monoisotopic (exact) mass is 499 g/mol. The van der Waals surface area contributed by atoms with Gasteiger partial charge in [-0.05, 0) is 68.1 Å². The van der Waals surface area contributed by atoms with Crippen molar-refractivity contribution < 1.29 is 19.3 Å². The van der Waals surface area contributed by atoms with Crippen molar-refractivity contribution in [2.24, 2.45) is 0 Å². The van der Waals surface area contributed by atoms with Crippen molar-refractivity contribution in [1.29, 1.82) is 0 Å². The maximum Gasteiger partial charge on any atom is 0.161 e. The molecule has 1 fully saturated rings. The van der Waals surface area contributed by atoms with Crippen LogP contribution in [0.15, 0.2) is 55.1 Å². The minimum Gasteiger partial charge on any atom is -0.493 e. The van der Waals surface area contributed by atoms with E-state index in [2.05, 4.69) is 16.0 Å². The van der Waals surface area contributed by atoms with Gasteiger partial charge in [0.1, 0.15) is 18.0 Å². The molecule has 188 valence electrons. The minimum atomic E-state index is -0.923. The second-order valence-corrected chi connectivity index (χ2v) is 9.66. The van der Waals surface area contributed by atoms with Gasteiger partial charge in [0.25, 0.3) is 0 Å². The van der Waals surface area contributed by atoms with Crippen molar-refractivity contribution in [3.05, 3.63) is 71.3 Å². The molecule has 1 unspecified atom stereocenters. The van der Waals surface area contributed by atoms with E-state index in [1.165, 1.54) is 0 Å². The highest BCUT2D eigenvalue weighted by Gasteiger charge is 2.34. The number of likely N-dealkylation sites (tertiary alicyclic amines) is 1. The number of hydrogen-bond donors (Lipinski definition) is 1. The average molecular weight is 500 g/mol. The summed E-state index contributed by atoms with van der Waals surface area (Å²) in [7, 11) is 1.66. The first-order valence-corrected chi connectivity index (χ1v) is 12.4. The van der Waals surface area contributed by atoms with E-state index in [1.54, 1.807) is 19.6 Å². The van der Waals surface area contributed by atoms with Gasteiger partial charge in [0.2, 0.25) is 0 Å². The van der Waals surface area contributed by atoms with Crippen molar-refractivity contribution in [1.82, 2.24) is 14.5 Å². The maximum atomic E-state index is 11.2. The predicted octanol–water partition coefficient (Wildman–Crippen LogP) is 4.73. The maximum absolute atomic E-state index is 11.2. The Morgan fingerprint density at radius 2 is 2.00 bits per heavy atom. The summed E-state index contributed by atoms with van der Waals surface area (Å²) in [5.41, 5.74) is 1.26. The van der Waals surface area contributed by atoms with Crippen LogP contribution in [0, 0.1) is 6.92 Å². The normalized spacial score (nSPS) is 18.4. The molecule has 1 N–H and O–H groups in total. The number of imidazole rings is 1. The summed E-state index contributed by atoms with van der Waals surface area (Å²) in [5, 5.41) is 11.8. The molecule has 1 saturated heterocycles. The Labute approximate surface area is 212 Å². The van der Waals surface area contributed by atoms with Crippen LogP contribution in [0.3, 0.4) is 0 Å². The molecular formula is C27H34ClN3O4. The smallest absolute Gasteiger partial charge is 0.161 e. The molecule has 0 radical (unpaired) electrons. The number of benzene rings is 2. The molecule has 4 rings (SSSR count). The zero-order chi connectivity index (χ0) is 24.7. The Bertz CT molecular complexity index is 1090. The van der Waals surface area contributed by atoms with Crippen LogP contribution < -0.4 is 14.2 Å². The van der Waals surface area contributed by atoms with Gasteiger partial charge < -0.3 is 23.9 Å². The van der Waals surface area contributed by atoms with Gasteiger partial charge >= 0.3 is 0 Å². The Balaban J connectivity index is 1.30. The SMILES string of the molecule is COc1cc(CN2CCCC(O)(COc3cc(C)ccc3Cl)C2)ccc1OCCCn1ccnc1. The van der Waals surface area contributed by atoms with Gasteiger partial charge in [0.15, 0.2) is 11.5 Å². The van der Waals surface area contributed by atoms with Crippen LogP contribution in [0.2, 0.25) is 5.02 Å². The van der Waals surface area contributed by atoms with Gasteiger partial charge in [-0.1, -0.05) is 23.7 Å². The molecule has 1 aliphatic rings. The van der Waals surface area contributed by atoms with Gasteiger partial charge in [0, 0.05) is 32.0 Å². The highest BCUT2D eigenvalue weighted by atomic mass is 35.5. The zero-order valence-corrected chi connectivity index (χ0v) is 21.2. The quantitative estimate of drug-likeness (QED) is 0.385. The summed E-state index contributed by atoms with van der Waals surface area (Å²) in [6.45, 7) is 5.82. The lowest BCUT2D eigenvalue weighted by atomic mass is 9.93. The molecule has 2 heterocycles. The molecule has 2 aromatic carbocycles. The number of β-amino-alcohol motifs (C(OH)–C–C–N with tert-alkyl or cyclic N) is 1. The third-order valence-corrected chi connectivity index (χ3v) is 6.54. The van der Waals surface area contributed by atoms with E-state index in [0.717, 1.165) is 48.6 Å². The molecule has 1 aromatic heterocycles. The average Bonchev–Trinajstić information content (AvgIpc) is 3.37. The van der Waals surface area contributed by atoms with Crippen LogP contribution >= 0.6 is 11.6 Å². The van der Waals surface area contributed by atoms with E-state index in [9.17, 15) is 5.11 Å². The standard InChI is InChI=1S/C27H34ClN3O4/c1-21-5-7-23(28)25(15-21)35-19-27(32)9-3-11-31(18-27)17-22-6-8-24(26(16-22)33-2)34-14-4-12-30-13-10-29-20-30/h5-8,10,13,15-16,20,32H,3-4,9,11-12,14,17-19H2,1-2H3. The van der Waals surface area contributed by atoms with Gasteiger partial charge in [-0.2, -0.15) is 0 Å². The van der Waals surface area contributed by atoms with Crippen molar-refractivity contribution >= 4 is 11.6 Å². The van der Waals surface area contributed by atoms with Crippen molar-refractivity contribution in [3.8, 4) is 17.2 Å². The van der Waals surface area contributed by atoms with Gasteiger partial charge in [-0.3, -0.25) is 4.90 Å². The Morgan fingerprint density at radius 1 is 1.11 bits per heavy atom. The van der Waals surface area contributed by atoms with Crippen molar-refractivity contribution in [3.63, 3.8) is 0 Å². The Morgan fingerprint density at radius 3 is 2.80 bits per heavy atom. The molecule has 0 saturated carbocycles. The first-order valence-electron chi connectivity index (χ1n) is 12.0. The number of ether oxygens (including phenoxy) is 3. The van der Waals surface area contributed by atoms with E-state index in [1.807, 2.05) is 48.0 Å². The minimum absolute atomic E-state index is 0.210. The summed E-state index contributed by atoms with van der Waals surface area (Å²) in [6.07, 6.45) is 8.00. The lowest BCUT2D eigenvalue weighted by Gasteiger charge is -2.39. The number of methoxy groups -OCH3 is 1. The number of nitrogens with zero attached hydrogens (tertiary/aromatic N) is 3. The van der Waals surface area contributed by atoms with Crippen molar-refractivity contribution in [2.45, 2.75) is 44.9 Å². The molecule has 7 nitrogen and oxygen atoms in total. The molecule has 0 bridgehead atoms. The van der Waals surface area contributed by atoms with Crippen LogP contribution in [0.5, 0.6) is 17.2 Å². The topological polar surface area (TPSA) is 69.0 Å². The Kier molecular flexibility index (Phi) is 8.55.